The van der Waals surface area contributed by atoms with Crippen LogP contribution in [0.2, 0.25) is 0 Å². The molecule has 0 bridgehead atoms. The first-order valence-electron chi connectivity index (χ1n) is 10.1. The quantitative estimate of drug-likeness (QED) is 0.157. The summed E-state index contributed by atoms with van der Waals surface area (Å²) >= 11 is 4.05. The largest absolute Gasteiger partial charge is 0.480 e. The molecule has 0 spiro atoms. The number of carboxylic acids is 1. The Morgan fingerprint density at radius 1 is 0.935 bits per heavy atom. The molecule has 0 saturated heterocycles. The molecular weight excluding hydrogens is 426 g/mol. The lowest BCUT2D eigenvalue weighted by Crippen LogP contribution is -2.58. The summed E-state index contributed by atoms with van der Waals surface area (Å²) in [6.45, 7) is 7.20. The second-order valence-corrected chi connectivity index (χ2v) is 8.29. The molecule has 0 aliphatic heterocycles. The van der Waals surface area contributed by atoms with Gasteiger partial charge in [-0.2, -0.15) is 12.6 Å². The van der Waals surface area contributed by atoms with E-state index in [1.165, 1.54) is 0 Å². The number of amides is 4. The normalized spacial score (nSPS) is 15.8. The molecule has 5 atom stereocenters. The van der Waals surface area contributed by atoms with Gasteiger partial charge in [-0.1, -0.05) is 34.1 Å². The Hall–Kier alpha value is -2.34. The molecule has 0 saturated carbocycles. The van der Waals surface area contributed by atoms with E-state index in [1.807, 2.05) is 20.8 Å². The number of carbonyl (C=O) groups is 5. The van der Waals surface area contributed by atoms with E-state index in [2.05, 4.69) is 28.6 Å². The van der Waals surface area contributed by atoms with Crippen LogP contribution in [0.1, 0.15) is 47.0 Å². The molecule has 11 nitrogen and oxygen atoms in total. The van der Waals surface area contributed by atoms with E-state index in [0.29, 0.717) is 6.42 Å². The van der Waals surface area contributed by atoms with Crippen LogP contribution < -0.4 is 27.4 Å². The van der Waals surface area contributed by atoms with Crippen molar-refractivity contribution in [2.24, 2.45) is 23.3 Å². The highest BCUT2D eigenvalue weighted by atomic mass is 32.1. The average Bonchev–Trinajstić information content (AvgIpc) is 2.67. The highest BCUT2D eigenvalue weighted by molar-refractivity contribution is 7.80. The standard InChI is InChI=1S/C19H35N5O6S/c1-5-10(4)15(19(29)30)24-17(27)12(6-9(2)3)22-18(28)13(8-31)23-16(26)11(20)7-14(21)25/h9-13,15,31H,5-8,20H2,1-4H3,(H2,21,25)(H,22,28)(H,23,26)(H,24,27)(H,29,30). The van der Waals surface area contributed by atoms with E-state index in [0.717, 1.165) is 0 Å². The predicted octanol–water partition coefficient (Wildman–Crippen LogP) is -1.25. The molecule has 0 radical (unpaired) electrons. The molecule has 0 aliphatic carbocycles. The second kappa shape index (κ2) is 13.9. The van der Waals surface area contributed by atoms with Crippen LogP contribution in [-0.2, 0) is 24.0 Å². The fourth-order valence-corrected chi connectivity index (χ4v) is 2.95. The first-order chi connectivity index (χ1) is 14.3. The number of carbonyl (C=O) groups excluding carboxylic acids is 4. The van der Waals surface area contributed by atoms with Crippen LogP contribution >= 0.6 is 12.6 Å². The van der Waals surface area contributed by atoms with Crippen LogP contribution in [0.25, 0.3) is 0 Å². The highest BCUT2D eigenvalue weighted by Gasteiger charge is 2.32. The first-order valence-corrected chi connectivity index (χ1v) is 10.8. The summed E-state index contributed by atoms with van der Waals surface area (Å²) in [6.07, 6.45) is 0.397. The molecule has 178 valence electrons. The van der Waals surface area contributed by atoms with Gasteiger partial charge in [0, 0.05) is 5.75 Å². The number of primary amides is 1. The number of hydrogen-bond donors (Lipinski definition) is 7. The Bertz CT molecular complexity index is 660. The van der Waals surface area contributed by atoms with E-state index in [1.54, 1.807) is 6.92 Å². The third kappa shape index (κ3) is 10.5. The maximum absolute atomic E-state index is 12.7. The van der Waals surface area contributed by atoms with E-state index in [9.17, 15) is 29.1 Å². The number of thiol groups is 1. The lowest BCUT2D eigenvalue weighted by Gasteiger charge is -2.27. The van der Waals surface area contributed by atoms with Gasteiger partial charge in [0.1, 0.15) is 18.1 Å². The summed E-state index contributed by atoms with van der Waals surface area (Å²) < 4.78 is 0. The average molecular weight is 462 g/mol. The minimum Gasteiger partial charge on any atom is -0.480 e. The Balaban J connectivity index is 5.32. The van der Waals surface area contributed by atoms with E-state index < -0.39 is 60.2 Å². The zero-order valence-electron chi connectivity index (χ0n) is 18.4. The lowest BCUT2D eigenvalue weighted by molar-refractivity contribution is -0.144. The third-order valence-corrected chi connectivity index (χ3v) is 5.06. The molecule has 5 unspecified atom stereocenters. The zero-order valence-corrected chi connectivity index (χ0v) is 19.3. The van der Waals surface area contributed by atoms with Crippen molar-refractivity contribution in [3.05, 3.63) is 0 Å². The monoisotopic (exact) mass is 461 g/mol. The maximum atomic E-state index is 12.7. The van der Waals surface area contributed by atoms with Gasteiger partial charge in [0.2, 0.25) is 23.6 Å². The molecule has 0 aromatic heterocycles. The molecule has 0 aliphatic rings. The number of nitrogens with one attached hydrogen (secondary N) is 3. The van der Waals surface area contributed by atoms with Crippen LogP contribution in [0.5, 0.6) is 0 Å². The molecule has 0 rings (SSSR count). The predicted molar refractivity (Wildman–Crippen MR) is 118 cm³/mol. The molecule has 31 heavy (non-hydrogen) atoms. The van der Waals surface area contributed by atoms with Gasteiger partial charge in [-0.15, -0.1) is 0 Å². The topological polar surface area (TPSA) is 194 Å². The molecule has 8 N–H and O–H groups in total. The van der Waals surface area contributed by atoms with Crippen molar-refractivity contribution in [3.63, 3.8) is 0 Å². The van der Waals surface area contributed by atoms with Crippen LogP contribution in [0.15, 0.2) is 0 Å². The van der Waals surface area contributed by atoms with Gasteiger partial charge in [0.15, 0.2) is 0 Å². The molecule has 12 heteroatoms. The zero-order chi connectivity index (χ0) is 24.3. The van der Waals surface area contributed by atoms with Gasteiger partial charge >= 0.3 is 5.97 Å². The van der Waals surface area contributed by atoms with Crippen molar-refractivity contribution in [1.82, 2.24) is 16.0 Å². The van der Waals surface area contributed by atoms with Gasteiger partial charge in [0.05, 0.1) is 12.5 Å². The van der Waals surface area contributed by atoms with Crippen molar-refractivity contribution >= 4 is 42.2 Å². The summed E-state index contributed by atoms with van der Waals surface area (Å²) in [4.78, 5) is 59.9. The SMILES string of the molecule is CCC(C)C(NC(=O)C(CC(C)C)NC(=O)C(CS)NC(=O)C(N)CC(N)=O)C(=O)O. The Kier molecular flexibility index (Phi) is 12.8. The summed E-state index contributed by atoms with van der Waals surface area (Å²) in [5.74, 6) is -4.42. The van der Waals surface area contributed by atoms with E-state index >= 15 is 0 Å². The molecule has 0 fully saturated rings. The van der Waals surface area contributed by atoms with Crippen molar-refractivity contribution in [3.8, 4) is 0 Å². The number of hydrogen-bond acceptors (Lipinski definition) is 7. The van der Waals surface area contributed by atoms with Gasteiger partial charge < -0.3 is 32.5 Å². The Labute approximate surface area is 187 Å². The van der Waals surface area contributed by atoms with Gasteiger partial charge in [-0.25, -0.2) is 4.79 Å². The molecule has 0 aromatic carbocycles. The van der Waals surface area contributed by atoms with Crippen LogP contribution in [0.4, 0.5) is 0 Å². The lowest BCUT2D eigenvalue weighted by atomic mass is 9.97. The highest BCUT2D eigenvalue weighted by Crippen LogP contribution is 2.11. The van der Waals surface area contributed by atoms with Crippen molar-refractivity contribution in [1.29, 1.82) is 0 Å². The van der Waals surface area contributed by atoms with E-state index in [4.69, 9.17) is 11.5 Å². The van der Waals surface area contributed by atoms with Crippen LogP contribution in [-0.4, -0.2) is 64.6 Å². The van der Waals surface area contributed by atoms with Gasteiger partial charge in [-0.05, 0) is 18.3 Å². The maximum Gasteiger partial charge on any atom is 0.326 e. The van der Waals surface area contributed by atoms with Crippen molar-refractivity contribution in [2.45, 2.75) is 71.1 Å². The van der Waals surface area contributed by atoms with E-state index in [-0.39, 0.29) is 24.0 Å². The number of nitrogens with two attached hydrogens (primary N) is 2. The Morgan fingerprint density at radius 2 is 1.45 bits per heavy atom. The Morgan fingerprint density at radius 3 is 1.87 bits per heavy atom. The number of rotatable bonds is 14. The van der Waals surface area contributed by atoms with Crippen LogP contribution in [0, 0.1) is 11.8 Å². The fourth-order valence-electron chi connectivity index (χ4n) is 2.69. The summed E-state index contributed by atoms with van der Waals surface area (Å²) in [5.41, 5.74) is 10.6. The minimum atomic E-state index is -1.23. The molecular formula is C19H35N5O6S. The number of aliphatic carboxylic acids is 1. The summed E-state index contributed by atoms with van der Waals surface area (Å²) in [6, 6.07) is -4.47. The van der Waals surface area contributed by atoms with Crippen molar-refractivity contribution in [2.75, 3.05) is 5.75 Å². The number of carboxylic acid groups (broad SMARTS) is 1. The first kappa shape index (κ1) is 28.7. The summed E-state index contributed by atoms with van der Waals surface area (Å²) in [5, 5.41) is 16.8. The molecule has 0 aromatic rings. The van der Waals surface area contributed by atoms with Gasteiger partial charge in [-0.3, -0.25) is 19.2 Å². The summed E-state index contributed by atoms with van der Waals surface area (Å²) in [7, 11) is 0. The molecule has 0 heterocycles. The second-order valence-electron chi connectivity index (χ2n) is 7.92. The fraction of sp³-hybridized carbons (Fsp3) is 0.737. The third-order valence-electron chi connectivity index (χ3n) is 4.69. The minimum absolute atomic E-state index is 0.0101. The van der Waals surface area contributed by atoms with Gasteiger partial charge in [0.25, 0.3) is 0 Å². The molecule has 4 amide bonds. The van der Waals surface area contributed by atoms with Crippen LogP contribution in [0.3, 0.4) is 0 Å². The smallest absolute Gasteiger partial charge is 0.326 e. The van der Waals surface area contributed by atoms with Crippen molar-refractivity contribution < 1.29 is 29.1 Å².